The summed E-state index contributed by atoms with van der Waals surface area (Å²) in [5.41, 5.74) is -1.00. The third-order valence-corrected chi connectivity index (χ3v) is 8.61. The fourth-order valence-electron chi connectivity index (χ4n) is 6.65. The molecule has 0 amide bonds. The Bertz CT molecular complexity index is 715. The van der Waals surface area contributed by atoms with Crippen LogP contribution in [0, 0.1) is 23.7 Å². The van der Waals surface area contributed by atoms with E-state index in [2.05, 4.69) is 6.92 Å². The van der Waals surface area contributed by atoms with Crippen molar-refractivity contribution >= 4 is 5.97 Å². The summed E-state index contributed by atoms with van der Waals surface area (Å²) < 4.78 is 23.7. The molecule has 9 nitrogen and oxygen atoms in total. The van der Waals surface area contributed by atoms with Gasteiger partial charge in [0.15, 0.2) is 6.29 Å². The van der Waals surface area contributed by atoms with E-state index in [1.165, 1.54) is 0 Å². The lowest BCUT2D eigenvalue weighted by molar-refractivity contribution is -0.315. The van der Waals surface area contributed by atoms with Gasteiger partial charge in [-0.3, -0.25) is 4.79 Å². The van der Waals surface area contributed by atoms with Gasteiger partial charge in [0.25, 0.3) is 0 Å². The van der Waals surface area contributed by atoms with E-state index in [4.69, 9.17) is 18.9 Å². The minimum Gasteiger partial charge on any atom is -0.462 e. The first kappa shape index (κ1) is 21.1. The van der Waals surface area contributed by atoms with Gasteiger partial charge in [-0.2, -0.15) is 0 Å². The van der Waals surface area contributed by atoms with Crippen LogP contribution in [0.4, 0.5) is 0 Å². The number of epoxide rings is 1. The van der Waals surface area contributed by atoms with Crippen molar-refractivity contribution in [1.29, 1.82) is 0 Å². The lowest BCUT2D eigenvalue weighted by atomic mass is 9.78. The number of esters is 1. The maximum absolute atomic E-state index is 12.1. The quantitative estimate of drug-likeness (QED) is 0.340. The van der Waals surface area contributed by atoms with Crippen molar-refractivity contribution in [2.75, 3.05) is 6.61 Å². The maximum atomic E-state index is 12.1. The van der Waals surface area contributed by atoms with Crippen LogP contribution in [0.15, 0.2) is 0 Å². The fourth-order valence-corrected chi connectivity index (χ4v) is 6.65. The van der Waals surface area contributed by atoms with E-state index in [0.717, 1.165) is 12.8 Å². The second-order valence-electron chi connectivity index (χ2n) is 10.1. The highest BCUT2D eigenvalue weighted by Gasteiger charge is 2.81. The van der Waals surface area contributed by atoms with Crippen LogP contribution >= 0.6 is 0 Å². The largest absolute Gasteiger partial charge is 0.462 e. The molecule has 13 atom stereocenters. The highest BCUT2D eigenvalue weighted by Crippen LogP contribution is 2.70. The molecule has 0 aromatic carbocycles. The average Bonchev–Trinajstić information content (AvgIpc) is 3.18. The third-order valence-electron chi connectivity index (χ3n) is 8.61. The van der Waals surface area contributed by atoms with Crippen molar-refractivity contribution in [1.82, 2.24) is 0 Å². The van der Waals surface area contributed by atoms with E-state index in [-0.39, 0.29) is 41.8 Å². The molecule has 13 unspecified atom stereocenters. The van der Waals surface area contributed by atoms with Crippen LogP contribution in [-0.4, -0.2) is 87.1 Å². The number of aliphatic hydroxyl groups is 4. The Morgan fingerprint density at radius 3 is 2.57 bits per heavy atom. The third kappa shape index (κ3) is 2.69. The Labute approximate surface area is 175 Å². The zero-order valence-electron chi connectivity index (χ0n) is 17.5. The smallest absolute Gasteiger partial charge is 0.309 e. The van der Waals surface area contributed by atoms with E-state index < -0.39 is 48.5 Å². The minimum absolute atomic E-state index is 0.0688. The van der Waals surface area contributed by atoms with Gasteiger partial charge in [-0.1, -0.05) is 13.8 Å². The van der Waals surface area contributed by atoms with Crippen LogP contribution in [0.3, 0.4) is 0 Å². The SMILES string of the molecule is CC1CC2OC(=O)C(C)C2CC23OC2(C)C(OC2OC(CO)C(O)C(O)C2O)CC13. The second-order valence-corrected chi connectivity index (χ2v) is 10.1. The van der Waals surface area contributed by atoms with Gasteiger partial charge < -0.3 is 39.4 Å². The lowest BCUT2D eigenvalue weighted by Gasteiger charge is -2.41. The standard InChI is InChI=1S/C21H32O9/c1-8-4-12-10(9(2)18(26)27-12)6-21-11(8)5-14(20(21,3)30-21)29-19-17(25)16(24)15(23)13(7-22)28-19/h8-17,19,22-25H,4-7H2,1-3H3. The number of hydrogen-bond donors (Lipinski definition) is 4. The van der Waals surface area contributed by atoms with Crippen LogP contribution in [0.5, 0.6) is 0 Å². The first-order valence-corrected chi connectivity index (χ1v) is 11.0. The molecule has 5 aliphatic rings. The molecule has 30 heavy (non-hydrogen) atoms. The van der Waals surface area contributed by atoms with Gasteiger partial charge in [-0.15, -0.1) is 0 Å². The second kappa shape index (κ2) is 6.84. The Morgan fingerprint density at radius 1 is 1.13 bits per heavy atom. The summed E-state index contributed by atoms with van der Waals surface area (Å²) in [6, 6.07) is 0. The number of fused-ring (bicyclic) bond motifs is 1. The van der Waals surface area contributed by atoms with E-state index in [1.54, 1.807) is 0 Å². The van der Waals surface area contributed by atoms with Crippen LogP contribution in [0.1, 0.15) is 40.0 Å². The Hall–Kier alpha value is -0.810. The Kier molecular flexibility index (Phi) is 4.80. The predicted octanol–water partition coefficient (Wildman–Crippen LogP) is -0.673. The van der Waals surface area contributed by atoms with Crippen LogP contribution in [-0.2, 0) is 23.7 Å². The fraction of sp³-hybridized carbons (Fsp3) is 0.952. The number of carbonyl (C=O) groups excluding carboxylic acids is 1. The summed E-state index contributed by atoms with van der Waals surface area (Å²) in [6.45, 7) is 5.58. The van der Waals surface area contributed by atoms with Gasteiger partial charge in [0, 0.05) is 5.92 Å². The summed E-state index contributed by atoms with van der Waals surface area (Å²) in [5, 5.41) is 39.9. The zero-order valence-corrected chi connectivity index (χ0v) is 17.5. The summed E-state index contributed by atoms with van der Waals surface area (Å²) in [7, 11) is 0. The van der Waals surface area contributed by atoms with Gasteiger partial charge in [-0.25, -0.2) is 0 Å². The molecule has 170 valence electrons. The van der Waals surface area contributed by atoms with Gasteiger partial charge in [0.2, 0.25) is 0 Å². The van der Waals surface area contributed by atoms with Crippen molar-refractivity contribution in [3.63, 3.8) is 0 Å². The normalized spacial score (nSPS) is 59.7. The van der Waals surface area contributed by atoms with Gasteiger partial charge >= 0.3 is 5.97 Å². The zero-order chi connectivity index (χ0) is 21.6. The van der Waals surface area contributed by atoms with Gasteiger partial charge in [0.05, 0.1) is 18.6 Å². The summed E-state index contributed by atoms with van der Waals surface area (Å²) in [4.78, 5) is 12.1. The Morgan fingerprint density at radius 2 is 1.87 bits per heavy atom. The van der Waals surface area contributed by atoms with Gasteiger partial charge in [-0.05, 0) is 38.0 Å². The molecule has 9 heteroatoms. The number of carbonyl (C=O) groups is 1. The molecule has 2 saturated carbocycles. The number of hydrogen-bond acceptors (Lipinski definition) is 9. The molecule has 4 N–H and O–H groups in total. The molecule has 1 spiro atoms. The van der Waals surface area contributed by atoms with Crippen LogP contribution in [0.25, 0.3) is 0 Å². The highest BCUT2D eigenvalue weighted by molar-refractivity contribution is 5.75. The van der Waals surface area contributed by atoms with Crippen molar-refractivity contribution < 1.29 is 44.2 Å². The highest BCUT2D eigenvalue weighted by atomic mass is 16.7. The number of aliphatic hydroxyl groups excluding tert-OH is 4. The lowest BCUT2D eigenvalue weighted by Crippen LogP contribution is -2.60. The molecule has 0 radical (unpaired) electrons. The minimum atomic E-state index is -1.48. The van der Waals surface area contributed by atoms with Crippen LogP contribution in [0.2, 0.25) is 0 Å². The van der Waals surface area contributed by atoms with E-state index >= 15 is 0 Å². The first-order valence-electron chi connectivity index (χ1n) is 11.0. The molecule has 3 heterocycles. The van der Waals surface area contributed by atoms with Gasteiger partial charge in [0.1, 0.15) is 41.7 Å². The molecule has 2 aliphatic carbocycles. The molecular weight excluding hydrogens is 396 g/mol. The number of ether oxygens (including phenoxy) is 4. The monoisotopic (exact) mass is 428 g/mol. The number of rotatable bonds is 3. The summed E-state index contributed by atoms with van der Waals surface area (Å²) in [5.74, 6) is 0.297. The molecule has 5 rings (SSSR count). The molecule has 0 bridgehead atoms. The molecular formula is C21H32O9. The topological polar surface area (TPSA) is 138 Å². The van der Waals surface area contributed by atoms with Crippen molar-refractivity contribution in [3.05, 3.63) is 0 Å². The van der Waals surface area contributed by atoms with E-state index in [1.807, 2.05) is 13.8 Å². The van der Waals surface area contributed by atoms with E-state index in [9.17, 15) is 25.2 Å². The van der Waals surface area contributed by atoms with Crippen molar-refractivity contribution in [2.24, 2.45) is 23.7 Å². The maximum Gasteiger partial charge on any atom is 0.309 e. The average molecular weight is 428 g/mol. The van der Waals surface area contributed by atoms with Crippen molar-refractivity contribution in [2.45, 2.75) is 94.1 Å². The molecule has 3 saturated heterocycles. The predicted molar refractivity (Wildman–Crippen MR) is 99.9 cm³/mol. The Balaban J connectivity index is 1.36. The first-order chi connectivity index (χ1) is 14.1. The molecule has 0 aromatic rings. The molecule has 0 aromatic heterocycles. The summed E-state index contributed by atoms with van der Waals surface area (Å²) >= 11 is 0. The van der Waals surface area contributed by atoms with E-state index in [0.29, 0.717) is 6.42 Å². The van der Waals surface area contributed by atoms with Crippen LogP contribution < -0.4 is 0 Å². The molecule has 5 fully saturated rings. The summed E-state index contributed by atoms with van der Waals surface area (Å²) in [6.07, 6.45) is -4.74. The molecule has 3 aliphatic heterocycles. The van der Waals surface area contributed by atoms with Crippen molar-refractivity contribution in [3.8, 4) is 0 Å².